The first-order chi connectivity index (χ1) is 16.1. The van der Waals surface area contributed by atoms with Crippen molar-refractivity contribution in [2.75, 3.05) is 31.6 Å². The molecule has 10 heteroatoms. The molecular formula is C24H33F3N4O2S. The quantitative estimate of drug-likeness (QED) is 0.474. The summed E-state index contributed by atoms with van der Waals surface area (Å²) in [6, 6.07) is 1.82. The number of aromatic nitrogens is 2. The van der Waals surface area contributed by atoms with Gasteiger partial charge in [0.1, 0.15) is 18.1 Å². The van der Waals surface area contributed by atoms with Crippen molar-refractivity contribution in [1.29, 1.82) is 0 Å². The highest BCUT2D eigenvalue weighted by Crippen LogP contribution is 2.35. The van der Waals surface area contributed by atoms with E-state index in [4.69, 9.17) is 4.52 Å². The number of halogens is 3. The van der Waals surface area contributed by atoms with Gasteiger partial charge in [-0.2, -0.15) is 13.2 Å². The number of nitrogens with zero attached hydrogens (tertiary/aromatic N) is 4. The van der Waals surface area contributed by atoms with E-state index >= 15 is 0 Å². The summed E-state index contributed by atoms with van der Waals surface area (Å²) in [6.07, 6.45) is 3.20. The van der Waals surface area contributed by atoms with Gasteiger partial charge < -0.3 is 9.42 Å². The van der Waals surface area contributed by atoms with Crippen molar-refractivity contribution >= 4 is 22.3 Å². The predicted molar refractivity (Wildman–Crippen MR) is 125 cm³/mol. The van der Waals surface area contributed by atoms with Gasteiger partial charge in [0, 0.05) is 37.5 Å². The van der Waals surface area contributed by atoms with Crippen LogP contribution < -0.4 is 4.90 Å². The topological polar surface area (TPSA) is 62.5 Å². The molecule has 3 heterocycles. The zero-order valence-corrected chi connectivity index (χ0v) is 20.7. The fraction of sp³-hybridized carbons (Fsp3) is 0.708. The second-order valence-electron chi connectivity index (χ2n) is 9.89. The molecule has 0 saturated heterocycles. The second kappa shape index (κ2) is 10.8. The van der Waals surface area contributed by atoms with Crippen LogP contribution in [0.25, 0.3) is 0 Å². The summed E-state index contributed by atoms with van der Waals surface area (Å²) >= 11 is 1.39. The number of carbonyl (C=O) groups excluding carboxylic acids is 1. The minimum Gasteiger partial charge on any atom is -0.361 e. The monoisotopic (exact) mass is 498 g/mol. The Bertz CT molecular complexity index is 966. The standard InChI is InChI=1S/C24H33F3N4O2S/c1-16-11-20(33-29-16)13-19(32)12-18-5-3-17(4-6-18)7-9-31-10-8-22-21(14-31)28-23(34-22)30(2)15-24(25,26)27/h11,17-18H,3-10,12-15H2,1-2H3. The number of fused-ring (bicyclic) bond motifs is 1. The molecule has 0 amide bonds. The Hall–Kier alpha value is -1.94. The van der Waals surface area contributed by atoms with Gasteiger partial charge in [-0.25, -0.2) is 4.98 Å². The van der Waals surface area contributed by atoms with Crippen molar-refractivity contribution < 1.29 is 22.5 Å². The molecule has 0 bridgehead atoms. The molecule has 2 aromatic rings. The third-order valence-electron chi connectivity index (χ3n) is 6.92. The zero-order valence-electron chi connectivity index (χ0n) is 19.9. The van der Waals surface area contributed by atoms with Gasteiger partial charge in [0.05, 0.1) is 17.8 Å². The fourth-order valence-electron chi connectivity index (χ4n) is 5.11. The van der Waals surface area contributed by atoms with E-state index < -0.39 is 12.7 Å². The molecule has 0 unspecified atom stereocenters. The molecular weight excluding hydrogens is 465 g/mol. The number of aryl methyl sites for hydroxylation is 1. The average molecular weight is 499 g/mol. The number of anilines is 1. The molecule has 2 aliphatic rings. The lowest BCUT2D eigenvalue weighted by molar-refractivity contribution is -0.120. The van der Waals surface area contributed by atoms with Crippen LogP contribution in [0.3, 0.4) is 0 Å². The van der Waals surface area contributed by atoms with Crippen LogP contribution in [0.1, 0.15) is 60.6 Å². The van der Waals surface area contributed by atoms with Gasteiger partial charge in [-0.15, -0.1) is 11.3 Å². The van der Waals surface area contributed by atoms with Gasteiger partial charge in [-0.05, 0) is 51.0 Å². The van der Waals surface area contributed by atoms with E-state index in [1.54, 1.807) is 0 Å². The van der Waals surface area contributed by atoms with Crippen molar-refractivity contribution in [2.45, 2.75) is 71.0 Å². The maximum atomic E-state index is 12.7. The Balaban J connectivity index is 1.17. The Labute approximate surface area is 202 Å². The molecule has 0 spiro atoms. The largest absolute Gasteiger partial charge is 0.405 e. The number of carbonyl (C=O) groups is 1. The van der Waals surface area contributed by atoms with Crippen LogP contribution in [0.5, 0.6) is 0 Å². The van der Waals surface area contributed by atoms with Crippen molar-refractivity contribution in [3.8, 4) is 0 Å². The molecule has 188 valence electrons. The van der Waals surface area contributed by atoms with Crippen LogP contribution >= 0.6 is 11.3 Å². The fourth-order valence-corrected chi connectivity index (χ4v) is 6.13. The predicted octanol–water partition coefficient (Wildman–Crippen LogP) is 5.19. The number of rotatable bonds is 9. The van der Waals surface area contributed by atoms with Crippen LogP contribution in [-0.2, 0) is 24.2 Å². The average Bonchev–Trinajstić information content (AvgIpc) is 3.37. The summed E-state index contributed by atoms with van der Waals surface area (Å²) in [5.74, 6) is 2.02. The van der Waals surface area contributed by atoms with E-state index in [2.05, 4.69) is 15.0 Å². The lowest BCUT2D eigenvalue weighted by Gasteiger charge is -2.31. The number of thiazole rings is 1. The van der Waals surface area contributed by atoms with E-state index in [-0.39, 0.29) is 5.78 Å². The maximum Gasteiger partial charge on any atom is 0.405 e. The highest BCUT2D eigenvalue weighted by Gasteiger charge is 2.31. The Morgan fingerprint density at radius 2 is 2.00 bits per heavy atom. The third kappa shape index (κ3) is 7.04. The molecule has 0 atom stereocenters. The first kappa shape index (κ1) is 25.2. The molecule has 0 N–H and O–H groups in total. The molecule has 4 rings (SSSR count). The number of ketones is 1. The lowest BCUT2D eigenvalue weighted by atomic mass is 9.78. The minimum atomic E-state index is -4.23. The number of hydrogen-bond donors (Lipinski definition) is 0. The van der Waals surface area contributed by atoms with Crippen molar-refractivity contribution in [3.63, 3.8) is 0 Å². The summed E-state index contributed by atoms with van der Waals surface area (Å²) in [7, 11) is 1.45. The SMILES string of the molecule is Cc1cc(CC(=O)CC2CCC(CCN3CCc4sc(N(C)CC(F)(F)F)nc4C3)CC2)on1. The van der Waals surface area contributed by atoms with Crippen molar-refractivity contribution in [2.24, 2.45) is 11.8 Å². The van der Waals surface area contributed by atoms with Gasteiger partial charge in [0.25, 0.3) is 0 Å². The molecule has 1 saturated carbocycles. The molecule has 6 nitrogen and oxygen atoms in total. The van der Waals surface area contributed by atoms with Gasteiger partial charge >= 0.3 is 6.18 Å². The Morgan fingerprint density at radius 3 is 2.68 bits per heavy atom. The highest BCUT2D eigenvalue weighted by molar-refractivity contribution is 7.15. The van der Waals surface area contributed by atoms with Crippen LogP contribution in [0.15, 0.2) is 10.6 Å². The van der Waals surface area contributed by atoms with E-state index in [0.29, 0.717) is 35.6 Å². The van der Waals surface area contributed by atoms with Gasteiger partial charge in [0.15, 0.2) is 5.13 Å². The summed E-state index contributed by atoms with van der Waals surface area (Å²) in [5, 5.41) is 4.30. The summed E-state index contributed by atoms with van der Waals surface area (Å²) in [4.78, 5) is 21.6. The van der Waals surface area contributed by atoms with E-state index in [1.165, 1.54) is 23.3 Å². The second-order valence-corrected chi connectivity index (χ2v) is 11.0. The van der Waals surface area contributed by atoms with Crippen molar-refractivity contribution in [3.05, 3.63) is 28.1 Å². The number of Topliss-reactive ketones (excluding diaryl/α,β-unsaturated/α-hetero) is 1. The van der Waals surface area contributed by atoms with Crippen LogP contribution in [0.2, 0.25) is 0 Å². The van der Waals surface area contributed by atoms with E-state index in [0.717, 1.165) is 74.4 Å². The molecule has 34 heavy (non-hydrogen) atoms. The van der Waals surface area contributed by atoms with Crippen LogP contribution in [0, 0.1) is 18.8 Å². The lowest BCUT2D eigenvalue weighted by Crippen LogP contribution is -2.32. The maximum absolute atomic E-state index is 12.7. The van der Waals surface area contributed by atoms with E-state index in [1.807, 2.05) is 13.0 Å². The van der Waals surface area contributed by atoms with E-state index in [9.17, 15) is 18.0 Å². The Kier molecular flexibility index (Phi) is 7.97. The first-order valence-electron chi connectivity index (χ1n) is 12.1. The molecule has 0 radical (unpaired) electrons. The minimum absolute atomic E-state index is 0.229. The zero-order chi connectivity index (χ0) is 24.3. The Morgan fingerprint density at radius 1 is 1.26 bits per heavy atom. The molecule has 2 aromatic heterocycles. The van der Waals surface area contributed by atoms with Crippen molar-refractivity contribution in [1.82, 2.24) is 15.0 Å². The number of alkyl halides is 3. The van der Waals surface area contributed by atoms with Gasteiger partial charge in [-0.3, -0.25) is 9.69 Å². The number of hydrogen-bond acceptors (Lipinski definition) is 7. The van der Waals surface area contributed by atoms with Crippen LogP contribution in [-0.4, -0.2) is 53.7 Å². The third-order valence-corrected chi connectivity index (χ3v) is 8.19. The summed E-state index contributed by atoms with van der Waals surface area (Å²) in [5.41, 5.74) is 1.74. The molecule has 1 aliphatic carbocycles. The van der Waals surface area contributed by atoms with Gasteiger partial charge in [-0.1, -0.05) is 18.0 Å². The molecule has 1 fully saturated rings. The highest BCUT2D eigenvalue weighted by atomic mass is 32.1. The molecule has 0 aromatic carbocycles. The van der Waals surface area contributed by atoms with Gasteiger partial charge in [0.2, 0.25) is 0 Å². The first-order valence-corrected chi connectivity index (χ1v) is 12.9. The normalized spacial score (nSPS) is 21.4. The smallest absolute Gasteiger partial charge is 0.361 e. The summed E-state index contributed by atoms with van der Waals surface area (Å²) in [6.45, 7) is 3.52. The summed E-state index contributed by atoms with van der Waals surface area (Å²) < 4.78 is 43.2. The van der Waals surface area contributed by atoms with Crippen LogP contribution in [0.4, 0.5) is 18.3 Å². The molecule has 1 aliphatic heterocycles.